The summed E-state index contributed by atoms with van der Waals surface area (Å²) in [5, 5.41) is 0. The van der Waals surface area contributed by atoms with Crippen LogP contribution in [0, 0.1) is 0 Å². The van der Waals surface area contributed by atoms with Gasteiger partial charge in [0.15, 0.2) is 0 Å². The van der Waals surface area contributed by atoms with Crippen LogP contribution in [0.5, 0.6) is 0 Å². The van der Waals surface area contributed by atoms with Crippen LogP contribution in [-0.2, 0) is 15.2 Å². The van der Waals surface area contributed by atoms with Crippen LogP contribution >= 0.6 is 0 Å². The minimum atomic E-state index is -4.67. The summed E-state index contributed by atoms with van der Waals surface area (Å²) in [7, 11) is -4.67. The molecule has 0 saturated carbocycles. The molecule has 5 nitrogen and oxygen atoms in total. The van der Waals surface area contributed by atoms with Crippen LogP contribution in [-0.4, -0.2) is 23.8 Å². The van der Waals surface area contributed by atoms with Crippen LogP contribution < -0.4 is 29.6 Å². The summed E-state index contributed by atoms with van der Waals surface area (Å²) in [5.74, 6) is 0. The van der Waals surface area contributed by atoms with E-state index in [0.29, 0.717) is 5.57 Å². The molecule has 60 valence electrons. The maximum atomic E-state index is 9.28. The van der Waals surface area contributed by atoms with Crippen molar-refractivity contribution in [2.75, 3.05) is 0 Å². The van der Waals surface area contributed by atoms with Gasteiger partial charge >= 0.3 is 40.0 Å². The minimum absolute atomic E-state index is 0. The molecule has 0 aliphatic rings. The van der Waals surface area contributed by atoms with Crippen molar-refractivity contribution in [1.29, 1.82) is 0 Å². The summed E-state index contributed by atoms with van der Waals surface area (Å²) < 4.78 is 31.6. The van der Waals surface area contributed by atoms with Crippen molar-refractivity contribution >= 4 is 16.7 Å². The first-order valence-corrected chi connectivity index (χ1v) is 3.40. The Hall–Kier alpha value is 0.280. The Morgan fingerprint density at radius 3 is 1.55 bits per heavy atom. The average Bonchev–Trinajstić information content (AvgIpc) is 1.61. The largest absolute Gasteiger partial charge is 1.00 e. The smallest absolute Gasteiger partial charge is 0.419 e. The first-order chi connectivity index (χ1) is 4.27. The van der Waals surface area contributed by atoms with E-state index in [9.17, 15) is 4.79 Å². The van der Waals surface area contributed by atoms with Gasteiger partial charge in [0, 0.05) is 0 Å². The SMILES string of the molecule is C=C(C)[C-]=O.O=S(=O)(O)O.[Na+]. The summed E-state index contributed by atoms with van der Waals surface area (Å²) in [6.07, 6.45) is 1.58. The molecule has 0 heterocycles. The summed E-state index contributed by atoms with van der Waals surface area (Å²) in [6.45, 7) is 4.85. The van der Waals surface area contributed by atoms with E-state index in [1.807, 2.05) is 0 Å². The average molecular weight is 190 g/mol. The van der Waals surface area contributed by atoms with Crippen LogP contribution in [0.4, 0.5) is 0 Å². The fraction of sp³-hybridized carbons (Fsp3) is 0.250. The Bertz CT molecular complexity index is 199. The summed E-state index contributed by atoms with van der Waals surface area (Å²) in [6, 6.07) is 0. The molecule has 0 unspecified atom stereocenters. The van der Waals surface area contributed by atoms with Crippen LogP contribution in [0.15, 0.2) is 12.2 Å². The Labute approximate surface area is 87.4 Å². The van der Waals surface area contributed by atoms with Gasteiger partial charge in [-0.1, -0.05) is 6.92 Å². The van der Waals surface area contributed by atoms with E-state index in [4.69, 9.17) is 17.5 Å². The maximum Gasteiger partial charge on any atom is 1.00 e. The van der Waals surface area contributed by atoms with Gasteiger partial charge in [-0.15, -0.1) is 0 Å². The van der Waals surface area contributed by atoms with Gasteiger partial charge in [0.05, 0.1) is 0 Å². The zero-order valence-electron chi connectivity index (χ0n) is 6.23. The van der Waals surface area contributed by atoms with E-state index >= 15 is 0 Å². The zero-order chi connectivity index (χ0) is 8.78. The van der Waals surface area contributed by atoms with Gasteiger partial charge in [-0.25, -0.2) is 6.58 Å². The number of carbonyl (C=O) groups excluding carboxylic acids is 1. The zero-order valence-corrected chi connectivity index (χ0v) is 9.05. The van der Waals surface area contributed by atoms with Crippen LogP contribution in [0.25, 0.3) is 0 Å². The molecule has 0 amide bonds. The van der Waals surface area contributed by atoms with Crippen LogP contribution in [0.3, 0.4) is 0 Å². The van der Waals surface area contributed by atoms with Crippen molar-refractivity contribution in [2.45, 2.75) is 6.92 Å². The molecule has 0 rings (SSSR count). The third-order valence-corrected chi connectivity index (χ3v) is 0.174. The molecule has 7 heteroatoms. The number of hydrogen-bond donors (Lipinski definition) is 2. The molecule has 2 N–H and O–H groups in total. The van der Waals surface area contributed by atoms with Crippen molar-refractivity contribution in [3.63, 3.8) is 0 Å². The van der Waals surface area contributed by atoms with Gasteiger partial charge in [-0.05, 0) is 6.29 Å². The Kier molecular flexibility index (Phi) is 13.2. The molecule has 0 bridgehead atoms. The van der Waals surface area contributed by atoms with E-state index < -0.39 is 10.4 Å². The van der Waals surface area contributed by atoms with Crippen molar-refractivity contribution in [1.82, 2.24) is 0 Å². The molecular weight excluding hydrogens is 183 g/mol. The first-order valence-electron chi connectivity index (χ1n) is 2.01. The van der Waals surface area contributed by atoms with Crippen LogP contribution in [0.1, 0.15) is 6.92 Å². The van der Waals surface area contributed by atoms with Gasteiger partial charge in [-0.2, -0.15) is 14.0 Å². The van der Waals surface area contributed by atoms with Gasteiger partial charge in [0.1, 0.15) is 0 Å². The fourth-order valence-electron chi connectivity index (χ4n) is 0. The summed E-state index contributed by atoms with van der Waals surface area (Å²) in [4.78, 5) is 9.28. The van der Waals surface area contributed by atoms with E-state index in [0.717, 1.165) is 0 Å². The monoisotopic (exact) mass is 190 g/mol. The maximum absolute atomic E-state index is 9.28. The second-order valence-corrected chi connectivity index (χ2v) is 2.23. The molecule has 0 fully saturated rings. The second kappa shape index (κ2) is 8.38. The van der Waals surface area contributed by atoms with Gasteiger partial charge in [-0.3, -0.25) is 9.11 Å². The Morgan fingerprint density at radius 2 is 1.55 bits per heavy atom. The van der Waals surface area contributed by atoms with Crippen molar-refractivity contribution in [2.24, 2.45) is 0 Å². The summed E-state index contributed by atoms with van der Waals surface area (Å²) >= 11 is 0. The normalized spacial score (nSPS) is 8.27. The predicted molar refractivity (Wildman–Crippen MR) is 34.7 cm³/mol. The predicted octanol–water partition coefficient (Wildman–Crippen LogP) is -2.98. The molecule has 0 atom stereocenters. The molecule has 0 aromatic carbocycles. The molecule has 0 aromatic heterocycles. The second-order valence-electron chi connectivity index (χ2n) is 1.33. The molecule has 11 heavy (non-hydrogen) atoms. The van der Waals surface area contributed by atoms with Crippen molar-refractivity contribution < 1.29 is 51.9 Å². The van der Waals surface area contributed by atoms with E-state index in [1.165, 1.54) is 0 Å². The third kappa shape index (κ3) is 136. The molecule has 0 spiro atoms. The molecule has 0 aromatic rings. The topological polar surface area (TPSA) is 91.7 Å². The van der Waals surface area contributed by atoms with E-state index in [-0.39, 0.29) is 29.6 Å². The third-order valence-electron chi connectivity index (χ3n) is 0.174. The Balaban J connectivity index is -0.000000107. The summed E-state index contributed by atoms with van der Waals surface area (Å²) in [5.41, 5.74) is 0.449. The van der Waals surface area contributed by atoms with Gasteiger partial charge in [0.2, 0.25) is 0 Å². The Morgan fingerprint density at radius 1 is 1.45 bits per heavy atom. The fourth-order valence-corrected chi connectivity index (χ4v) is 0. The standard InChI is InChI=1S/C4H5O.Na.H2O4S/c1-4(2)3-5;;1-5(2,3)4/h1H2,2H3;;(H2,1,2,3,4)/q-1;+1;. The number of rotatable bonds is 1. The van der Waals surface area contributed by atoms with Gasteiger partial charge in [0.25, 0.3) is 0 Å². The molecule has 0 aliphatic heterocycles. The van der Waals surface area contributed by atoms with Crippen molar-refractivity contribution in [3.8, 4) is 0 Å². The van der Waals surface area contributed by atoms with E-state index in [2.05, 4.69) is 6.58 Å². The molecular formula is C4H7NaO5S. The number of allylic oxidation sites excluding steroid dienone is 1. The van der Waals surface area contributed by atoms with Crippen LogP contribution in [0.2, 0.25) is 0 Å². The van der Waals surface area contributed by atoms with E-state index in [1.54, 1.807) is 13.2 Å². The quantitative estimate of drug-likeness (QED) is 0.199. The molecule has 0 saturated heterocycles. The van der Waals surface area contributed by atoms with Gasteiger partial charge < -0.3 is 4.79 Å². The molecule has 0 radical (unpaired) electrons. The number of hydrogen-bond acceptors (Lipinski definition) is 3. The van der Waals surface area contributed by atoms with Crippen molar-refractivity contribution in [3.05, 3.63) is 12.2 Å². The first kappa shape index (κ1) is 17.4. The minimum Gasteiger partial charge on any atom is -0.419 e. The molecule has 0 aliphatic carbocycles.